The Morgan fingerprint density at radius 3 is 2.33 bits per heavy atom. The molecule has 5 rings (SSSR count). The standard InChI is InChI=1S/C30H24F7N5O3/c1-44-25-11-2-17(12-19(25)16-45-22-9-7-21(32)8-10-22)15-38-40-28(43)24-14-27-39-23(18-3-5-20(31)6-4-18)13-26(42(27)41-24)29(33,34)30(35,36)37/h2-12,14-15,23,26,39H,13,16H2,1H3,(H,40,43)/b38-15-/t23-,26-/m1/s1. The number of anilines is 1. The number of amides is 1. The van der Waals surface area contributed by atoms with Crippen LogP contribution in [-0.2, 0) is 6.61 Å². The third-order valence-corrected chi connectivity index (χ3v) is 7.01. The molecule has 8 nitrogen and oxygen atoms in total. The smallest absolute Gasteiger partial charge is 0.455 e. The Labute approximate surface area is 251 Å². The number of rotatable bonds is 9. The predicted octanol–water partition coefficient (Wildman–Crippen LogP) is 6.81. The van der Waals surface area contributed by atoms with Crippen LogP contribution in [-0.4, -0.2) is 41.1 Å². The van der Waals surface area contributed by atoms with Gasteiger partial charge in [0.2, 0.25) is 0 Å². The first-order valence-electron chi connectivity index (χ1n) is 13.3. The summed E-state index contributed by atoms with van der Waals surface area (Å²) in [4.78, 5) is 12.8. The van der Waals surface area contributed by atoms with Gasteiger partial charge in [-0.15, -0.1) is 0 Å². The second kappa shape index (κ2) is 12.5. The summed E-state index contributed by atoms with van der Waals surface area (Å²) in [5.74, 6) is -6.57. The first kappa shape index (κ1) is 31.3. The van der Waals surface area contributed by atoms with Crippen LogP contribution in [0.4, 0.5) is 36.6 Å². The van der Waals surface area contributed by atoms with E-state index in [9.17, 15) is 35.5 Å². The number of hydrogen-bond donors (Lipinski definition) is 2. The minimum Gasteiger partial charge on any atom is -0.496 e. The molecule has 2 heterocycles. The molecule has 0 fully saturated rings. The van der Waals surface area contributed by atoms with Crippen LogP contribution in [0.2, 0.25) is 0 Å². The normalized spacial score (nSPS) is 16.6. The highest BCUT2D eigenvalue weighted by Crippen LogP contribution is 2.50. The number of fused-ring (bicyclic) bond motifs is 1. The molecule has 0 saturated heterocycles. The summed E-state index contributed by atoms with van der Waals surface area (Å²) < 4.78 is 108. The number of methoxy groups -OCH3 is 1. The summed E-state index contributed by atoms with van der Waals surface area (Å²) in [5, 5.41) is 10.4. The van der Waals surface area contributed by atoms with Crippen molar-refractivity contribution in [2.24, 2.45) is 5.10 Å². The molecule has 45 heavy (non-hydrogen) atoms. The van der Waals surface area contributed by atoms with E-state index < -0.39 is 53.8 Å². The van der Waals surface area contributed by atoms with Gasteiger partial charge in [-0.3, -0.25) is 4.79 Å². The van der Waals surface area contributed by atoms with Crippen molar-refractivity contribution in [3.63, 3.8) is 0 Å². The van der Waals surface area contributed by atoms with E-state index in [0.29, 0.717) is 27.3 Å². The van der Waals surface area contributed by atoms with Gasteiger partial charge < -0.3 is 14.8 Å². The number of benzene rings is 3. The van der Waals surface area contributed by atoms with E-state index in [-0.39, 0.29) is 18.0 Å². The van der Waals surface area contributed by atoms with Gasteiger partial charge in [-0.25, -0.2) is 18.9 Å². The van der Waals surface area contributed by atoms with E-state index in [1.807, 2.05) is 0 Å². The number of aromatic nitrogens is 2. The second-order valence-corrected chi connectivity index (χ2v) is 9.99. The molecule has 0 bridgehead atoms. The summed E-state index contributed by atoms with van der Waals surface area (Å²) >= 11 is 0. The predicted molar refractivity (Wildman–Crippen MR) is 148 cm³/mol. The molecule has 1 aromatic heterocycles. The molecule has 0 unspecified atom stereocenters. The van der Waals surface area contributed by atoms with Crippen molar-refractivity contribution >= 4 is 17.9 Å². The third kappa shape index (κ3) is 6.86. The monoisotopic (exact) mass is 635 g/mol. The number of carbonyl (C=O) groups is 1. The number of nitrogens with one attached hydrogen (secondary N) is 2. The molecule has 236 valence electrons. The minimum absolute atomic E-state index is 0.0543. The summed E-state index contributed by atoms with van der Waals surface area (Å²) in [6.45, 7) is 0.0543. The lowest BCUT2D eigenvalue weighted by Crippen LogP contribution is -2.47. The van der Waals surface area contributed by atoms with Crippen molar-refractivity contribution in [2.75, 3.05) is 12.4 Å². The fourth-order valence-electron chi connectivity index (χ4n) is 4.72. The van der Waals surface area contributed by atoms with Gasteiger partial charge in [-0.2, -0.15) is 32.2 Å². The Kier molecular flexibility index (Phi) is 8.71. The molecule has 1 amide bonds. The van der Waals surface area contributed by atoms with E-state index in [4.69, 9.17) is 9.47 Å². The third-order valence-electron chi connectivity index (χ3n) is 7.01. The van der Waals surface area contributed by atoms with E-state index in [1.165, 1.54) is 49.7 Å². The van der Waals surface area contributed by atoms with Gasteiger partial charge in [0.15, 0.2) is 5.69 Å². The summed E-state index contributed by atoms with van der Waals surface area (Å²) in [5.41, 5.74) is 3.06. The fraction of sp³-hybridized carbons (Fsp3) is 0.233. The molecule has 1 aliphatic rings. The van der Waals surface area contributed by atoms with Gasteiger partial charge in [0, 0.05) is 18.1 Å². The number of hydrazone groups is 1. The van der Waals surface area contributed by atoms with Crippen LogP contribution < -0.4 is 20.2 Å². The van der Waals surface area contributed by atoms with Gasteiger partial charge in [0.05, 0.1) is 19.4 Å². The molecule has 0 radical (unpaired) electrons. The largest absolute Gasteiger partial charge is 0.496 e. The van der Waals surface area contributed by atoms with Crippen molar-refractivity contribution in [2.45, 2.75) is 37.2 Å². The summed E-state index contributed by atoms with van der Waals surface area (Å²) in [6, 6.07) is 12.4. The van der Waals surface area contributed by atoms with Crippen molar-refractivity contribution in [3.05, 3.63) is 107 Å². The van der Waals surface area contributed by atoms with Crippen LogP contribution >= 0.6 is 0 Å². The maximum atomic E-state index is 14.7. The van der Waals surface area contributed by atoms with Gasteiger partial charge in [-0.05, 0) is 65.7 Å². The zero-order valence-corrected chi connectivity index (χ0v) is 23.3. The lowest BCUT2D eigenvalue weighted by molar-refractivity contribution is -0.301. The Bertz CT molecular complexity index is 1690. The second-order valence-electron chi connectivity index (χ2n) is 9.99. The lowest BCUT2D eigenvalue weighted by atomic mass is 9.93. The molecule has 2 atom stereocenters. The zero-order chi connectivity index (χ0) is 32.4. The van der Waals surface area contributed by atoms with Gasteiger partial charge in [0.25, 0.3) is 5.91 Å². The van der Waals surface area contributed by atoms with Crippen LogP contribution in [0.15, 0.2) is 77.9 Å². The molecular weight excluding hydrogens is 611 g/mol. The SMILES string of the molecule is COc1ccc(/C=N\NC(=O)c2cc3n(n2)[C@@H](C(F)(F)C(F)(F)F)C[C@H](c2ccc(F)cc2)N3)cc1COc1ccc(F)cc1. The van der Waals surface area contributed by atoms with E-state index in [1.54, 1.807) is 18.2 Å². The fourth-order valence-corrected chi connectivity index (χ4v) is 4.72. The van der Waals surface area contributed by atoms with Gasteiger partial charge >= 0.3 is 12.1 Å². The van der Waals surface area contributed by atoms with Crippen LogP contribution in [0.5, 0.6) is 11.5 Å². The average molecular weight is 636 g/mol. The Hall–Kier alpha value is -5.08. The zero-order valence-electron chi connectivity index (χ0n) is 23.3. The van der Waals surface area contributed by atoms with Crippen LogP contribution in [0.3, 0.4) is 0 Å². The Morgan fingerprint density at radius 2 is 1.69 bits per heavy atom. The topological polar surface area (TPSA) is 89.8 Å². The van der Waals surface area contributed by atoms with Crippen LogP contribution in [0, 0.1) is 11.6 Å². The van der Waals surface area contributed by atoms with Crippen molar-refractivity contribution in [1.82, 2.24) is 15.2 Å². The number of halogens is 7. The number of carbonyl (C=O) groups excluding carboxylic acids is 1. The number of nitrogens with zero attached hydrogens (tertiary/aromatic N) is 3. The highest BCUT2D eigenvalue weighted by atomic mass is 19.4. The molecule has 4 aromatic rings. The summed E-state index contributed by atoms with van der Waals surface area (Å²) in [7, 11) is 1.46. The van der Waals surface area contributed by atoms with Gasteiger partial charge in [-0.1, -0.05) is 12.1 Å². The molecule has 3 aromatic carbocycles. The molecule has 0 spiro atoms. The highest BCUT2D eigenvalue weighted by Gasteiger charge is 2.64. The van der Waals surface area contributed by atoms with Gasteiger partial charge in [0.1, 0.15) is 41.6 Å². The van der Waals surface area contributed by atoms with E-state index in [0.717, 1.165) is 18.2 Å². The first-order valence-corrected chi connectivity index (χ1v) is 13.3. The molecule has 2 N–H and O–H groups in total. The first-order chi connectivity index (χ1) is 21.4. The van der Waals surface area contributed by atoms with E-state index >= 15 is 0 Å². The van der Waals surface area contributed by atoms with Crippen molar-refractivity contribution in [3.8, 4) is 11.5 Å². The Balaban J connectivity index is 1.33. The minimum atomic E-state index is -5.90. The Morgan fingerprint density at radius 1 is 1.02 bits per heavy atom. The number of ether oxygens (including phenoxy) is 2. The quantitative estimate of drug-likeness (QED) is 0.120. The number of alkyl halides is 5. The van der Waals surface area contributed by atoms with Crippen LogP contribution in [0.1, 0.15) is 45.7 Å². The van der Waals surface area contributed by atoms with Crippen molar-refractivity contribution < 1.29 is 45.0 Å². The highest BCUT2D eigenvalue weighted by molar-refractivity contribution is 5.94. The van der Waals surface area contributed by atoms with Crippen molar-refractivity contribution in [1.29, 1.82) is 0 Å². The van der Waals surface area contributed by atoms with Crippen LogP contribution in [0.25, 0.3) is 0 Å². The summed E-state index contributed by atoms with van der Waals surface area (Å²) in [6.07, 6.45) is -5.39. The molecular formula is C30H24F7N5O3. The number of hydrogen-bond acceptors (Lipinski definition) is 6. The lowest BCUT2D eigenvalue weighted by Gasteiger charge is -2.37. The molecule has 0 saturated carbocycles. The maximum absolute atomic E-state index is 14.7. The molecule has 1 aliphatic heterocycles. The maximum Gasteiger partial charge on any atom is 0.455 e. The molecule has 15 heteroatoms. The average Bonchev–Trinajstić information content (AvgIpc) is 3.44. The van der Waals surface area contributed by atoms with E-state index in [2.05, 4.69) is 20.9 Å². The molecule has 0 aliphatic carbocycles.